The number of carbonyl (C=O) groups excluding carboxylic acids is 1. The van der Waals surface area contributed by atoms with Crippen molar-refractivity contribution in [2.75, 3.05) is 50.5 Å². The lowest BCUT2D eigenvalue weighted by Gasteiger charge is -2.41. The summed E-state index contributed by atoms with van der Waals surface area (Å²) >= 11 is 0. The fourth-order valence-corrected chi connectivity index (χ4v) is 5.78. The lowest BCUT2D eigenvalue weighted by Crippen LogP contribution is -2.55. The maximum absolute atomic E-state index is 15.0. The van der Waals surface area contributed by atoms with Gasteiger partial charge in [0.05, 0.1) is 11.1 Å². The van der Waals surface area contributed by atoms with Crippen molar-refractivity contribution in [2.24, 2.45) is 0 Å². The van der Waals surface area contributed by atoms with Gasteiger partial charge in [0.25, 0.3) is 5.56 Å². The highest BCUT2D eigenvalue weighted by Gasteiger charge is 2.39. The Balaban J connectivity index is 1.66. The lowest BCUT2D eigenvalue weighted by atomic mass is 9.98. The van der Waals surface area contributed by atoms with Crippen molar-refractivity contribution >= 4 is 23.1 Å². The smallest absolute Gasteiger partial charge is 0.417 e. The van der Waals surface area contributed by atoms with Gasteiger partial charge in [-0.15, -0.1) is 5.10 Å². The number of alkyl halides is 3. The van der Waals surface area contributed by atoms with E-state index in [-0.39, 0.29) is 55.3 Å². The molecule has 2 N–H and O–H groups in total. The van der Waals surface area contributed by atoms with Crippen LogP contribution in [-0.4, -0.2) is 88.0 Å². The zero-order chi connectivity index (χ0) is 32.8. The zero-order valence-corrected chi connectivity index (χ0v) is 25.8. The molecule has 11 nitrogen and oxygen atoms in total. The van der Waals surface area contributed by atoms with Gasteiger partial charge in [-0.1, -0.05) is 6.07 Å². The molecule has 0 bridgehead atoms. The van der Waals surface area contributed by atoms with Gasteiger partial charge in [-0.05, 0) is 72.3 Å². The average Bonchev–Trinajstić information content (AvgIpc) is 3.35. The van der Waals surface area contributed by atoms with Crippen LogP contribution in [0.5, 0.6) is 6.01 Å². The second kappa shape index (κ2) is 12.0. The number of hydrogen-bond donors (Lipinski definition) is 1. The average molecular weight is 636 g/mol. The van der Waals surface area contributed by atoms with Crippen molar-refractivity contribution < 1.29 is 31.8 Å². The Morgan fingerprint density at radius 3 is 2.47 bits per heavy atom. The standard InChI is InChI=1S/C30H37F4N7O4/c1-17-15-39(28(43)45-29(2,3)4)12-13-40(17)25-22-14-19(30(32,33)34)23(24-20(31)9-6-10-21(24)35)26(42)41(22)37-27(36-25)44-16-18-8-7-11-38(18)5/h6,9-10,14,17-18H,7-8,11-13,15-16,35H2,1-5H3/t17-,18-/m0/s1. The second-order valence-electron chi connectivity index (χ2n) is 12.5. The molecule has 2 aliphatic rings. The molecular formula is C30H37F4N7O4. The number of halogens is 4. The van der Waals surface area contributed by atoms with E-state index in [1.54, 1.807) is 32.6 Å². The predicted molar refractivity (Wildman–Crippen MR) is 160 cm³/mol. The molecule has 1 amide bonds. The molecular weight excluding hydrogens is 598 g/mol. The summed E-state index contributed by atoms with van der Waals surface area (Å²) in [6.45, 7) is 8.62. The number of ether oxygens (including phenoxy) is 2. The van der Waals surface area contributed by atoms with E-state index in [9.17, 15) is 22.8 Å². The maximum atomic E-state index is 15.0. The molecule has 2 saturated heterocycles. The Bertz CT molecular complexity index is 1640. The van der Waals surface area contributed by atoms with E-state index in [4.69, 9.17) is 15.2 Å². The van der Waals surface area contributed by atoms with Gasteiger partial charge in [-0.2, -0.15) is 22.7 Å². The van der Waals surface area contributed by atoms with Crippen LogP contribution in [0.25, 0.3) is 16.6 Å². The molecule has 45 heavy (non-hydrogen) atoms. The quantitative estimate of drug-likeness (QED) is 0.321. The van der Waals surface area contributed by atoms with Crippen molar-refractivity contribution in [1.29, 1.82) is 0 Å². The molecule has 3 aromatic rings. The summed E-state index contributed by atoms with van der Waals surface area (Å²) < 4.78 is 71.0. The van der Waals surface area contributed by atoms with Crippen LogP contribution in [0, 0.1) is 5.82 Å². The Labute approximate surface area is 257 Å². The first-order chi connectivity index (χ1) is 21.0. The molecule has 5 rings (SSSR count). The van der Waals surface area contributed by atoms with E-state index >= 15 is 4.39 Å². The molecule has 15 heteroatoms. The number of piperazine rings is 1. The molecule has 244 valence electrons. The number of aromatic nitrogens is 3. The fraction of sp³-hybridized carbons (Fsp3) is 0.533. The SMILES string of the molecule is C[C@H]1CN(C(=O)OC(C)(C)C)CCN1c1nc(OC[C@@H]2CCCN2C)nn2c(=O)c(-c3c(N)cccc3F)c(C(F)(F)F)cc12. The van der Waals surface area contributed by atoms with Crippen molar-refractivity contribution in [3.8, 4) is 17.1 Å². The minimum Gasteiger partial charge on any atom is -0.461 e. The van der Waals surface area contributed by atoms with E-state index in [2.05, 4.69) is 15.0 Å². The Kier molecular flexibility index (Phi) is 8.59. The monoisotopic (exact) mass is 635 g/mol. The molecule has 2 aromatic heterocycles. The topological polar surface area (TPSA) is 119 Å². The molecule has 0 unspecified atom stereocenters. The number of nitrogen functional groups attached to an aromatic ring is 1. The molecule has 0 spiro atoms. The highest BCUT2D eigenvalue weighted by molar-refractivity contribution is 5.82. The number of likely N-dealkylation sites (N-methyl/N-ethyl adjacent to an activating group) is 1. The summed E-state index contributed by atoms with van der Waals surface area (Å²) in [4.78, 5) is 36.5. The first-order valence-electron chi connectivity index (χ1n) is 14.7. The number of hydrogen-bond acceptors (Lipinski definition) is 9. The van der Waals surface area contributed by atoms with Crippen LogP contribution in [0.3, 0.4) is 0 Å². The minimum absolute atomic E-state index is 0.00627. The number of rotatable bonds is 5. The van der Waals surface area contributed by atoms with Gasteiger partial charge in [-0.3, -0.25) is 4.79 Å². The normalized spacial score (nSPS) is 19.8. The fourth-order valence-electron chi connectivity index (χ4n) is 5.78. The lowest BCUT2D eigenvalue weighted by molar-refractivity contribution is -0.137. The first kappa shape index (κ1) is 32.3. The molecule has 4 heterocycles. The van der Waals surface area contributed by atoms with Gasteiger partial charge >= 0.3 is 18.3 Å². The number of pyridine rings is 1. The van der Waals surface area contributed by atoms with Crippen LogP contribution in [0.1, 0.15) is 46.1 Å². The van der Waals surface area contributed by atoms with Gasteiger partial charge in [0.15, 0.2) is 5.82 Å². The van der Waals surface area contributed by atoms with E-state index in [1.165, 1.54) is 17.0 Å². The number of fused-ring (bicyclic) bond motifs is 1. The zero-order valence-electron chi connectivity index (χ0n) is 25.8. The van der Waals surface area contributed by atoms with Gasteiger partial charge in [0.1, 0.15) is 23.5 Å². The first-order valence-corrected chi connectivity index (χ1v) is 14.7. The maximum Gasteiger partial charge on any atom is 0.417 e. The van der Waals surface area contributed by atoms with Gasteiger partial charge < -0.3 is 29.9 Å². The summed E-state index contributed by atoms with van der Waals surface area (Å²) in [6, 6.07) is 3.51. The number of nitrogens with two attached hydrogens (primary N) is 1. The third-order valence-electron chi connectivity index (χ3n) is 8.03. The number of benzene rings is 1. The summed E-state index contributed by atoms with van der Waals surface area (Å²) in [5.74, 6) is -1.08. The minimum atomic E-state index is -5.06. The highest BCUT2D eigenvalue weighted by atomic mass is 19.4. The Hall–Kier alpha value is -4.14. The molecule has 0 radical (unpaired) electrons. The van der Waals surface area contributed by atoms with Crippen LogP contribution in [-0.2, 0) is 10.9 Å². The van der Waals surface area contributed by atoms with Gasteiger partial charge in [0, 0.05) is 43.0 Å². The van der Waals surface area contributed by atoms with Crippen molar-refractivity contribution in [3.63, 3.8) is 0 Å². The third-order valence-corrected chi connectivity index (χ3v) is 8.03. The summed E-state index contributed by atoms with van der Waals surface area (Å²) in [6.07, 6.45) is -3.74. The van der Waals surface area contributed by atoms with E-state index in [0.29, 0.717) is 0 Å². The Morgan fingerprint density at radius 2 is 1.87 bits per heavy atom. The van der Waals surface area contributed by atoms with Crippen LogP contribution in [0.2, 0.25) is 0 Å². The molecule has 0 saturated carbocycles. The molecule has 0 aliphatic carbocycles. The third kappa shape index (κ3) is 6.63. The van der Waals surface area contributed by atoms with Gasteiger partial charge in [-0.25, -0.2) is 9.18 Å². The summed E-state index contributed by atoms with van der Waals surface area (Å²) in [7, 11) is 1.95. The van der Waals surface area contributed by atoms with E-state index in [1.807, 2.05) is 7.05 Å². The van der Waals surface area contributed by atoms with Gasteiger partial charge in [0.2, 0.25) is 0 Å². The number of nitrogens with zero attached hydrogens (tertiary/aromatic N) is 6. The molecule has 1 aromatic carbocycles. The predicted octanol–water partition coefficient (Wildman–Crippen LogP) is 4.42. The molecule has 2 fully saturated rings. The highest BCUT2D eigenvalue weighted by Crippen LogP contribution is 2.40. The van der Waals surface area contributed by atoms with Crippen molar-refractivity contribution in [2.45, 2.75) is 64.4 Å². The number of likely N-dealkylation sites (tertiary alicyclic amines) is 1. The van der Waals surface area contributed by atoms with Crippen LogP contribution < -0.4 is 20.9 Å². The van der Waals surface area contributed by atoms with Crippen LogP contribution in [0.4, 0.5) is 33.9 Å². The van der Waals surface area contributed by atoms with E-state index in [0.717, 1.165) is 36.0 Å². The number of amides is 1. The van der Waals surface area contributed by atoms with E-state index < -0.39 is 52.0 Å². The van der Waals surface area contributed by atoms with Crippen LogP contribution in [0.15, 0.2) is 29.1 Å². The number of carbonyl (C=O) groups is 1. The van der Waals surface area contributed by atoms with Crippen molar-refractivity contribution in [3.05, 3.63) is 46.0 Å². The summed E-state index contributed by atoms with van der Waals surface area (Å²) in [5, 5.41) is 4.20. The summed E-state index contributed by atoms with van der Waals surface area (Å²) in [5.41, 5.74) is 0.360. The second-order valence-corrected chi connectivity index (χ2v) is 12.5. The largest absolute Gasteiger partial charge is 0.461 e. The van der Waals surface area contributed by atoms with Crippen molar-refractivity contribution in [1.82, 2.24) is 24.4 Å². The molecule has 2 aliphatic heterocycles. The molecule has 2 atom stereocenters. The Morgan fingerprint density at radius 1 is 1.13 bits per heavy atom. The number of anilines is 2. The van der Waals surface area contributed by atoms with Crippen LogP contribution >= 0.6 is 0 Å².